The maximum Gasteiger partial charge on any atom is 0.271 e. The normalized spacial score (nSPS) is 11.0. The summed E-state index contributed by atoms with van der Waals surface area (Å²) in [6.45, 7) is 5.28. The standard InChI is InChI=1S/C28H26N4O2/c1-3-16-34-24-14-12-21(13-15-24)28(33)31-30-18-26-20(2)32(27-11-7-6-10-25(26)27)19-23-9-5-4-8-22(23)17-29/h4-15,18H,3,16,19H2,1-2H3,(H,31,33)/b30-18-. The lowest BCUT2D eigenvalue weighted by molar-refractivity contribution is 0.0955. The molecule has 0 spiro atoms. The molecule has 0 saturated carbocycles. The number of benzene rings is 3. The molecule has 0 radical (unpaired) electrons. The molecule has 4 rings (SSSR count). The number of amides is 1. The lowest BCUT2D eigenvalue weighted by Crippen LogP contribution is -2.17. The summed E-state index contributed by atoms with van der Waals surface area (Å²) in [5, 5.41) is 14.7. The summed E-state index contributed by atoms with van der Waals surface area (Å²) in [6, 6.07) is 25.0. The van der Waals surface area contributed by atoms with Crippen molar-refractivity contribution in [2.24, 2.45) is 5.10 Å². The maximum atomic E-state index is 12.5. The molecule has 0 fully saturated rings. The van der Waals surface area contributed by atoms with E-state index >= 15 is 0 Å². The highest BCUT2D eigenvalue weighted by Gasteiger charge is 2.14. The summed E-state index contributed by atoms with van der Waals surface area (Å²) >= 11 is 0. The van der Waals surface area contributed by atoms with E-state index in [0.717, 1.165) is 39.9 Å². The topological polar surface area (TPSA) is 79.4 Å². The number of aromatic nitrogens is 1. The number of nitriles is 1. The van der Waals surface area contributed by atoms with E-state index in [1.807, 2.05) is 56.3 Å². The van der Waals surface area contributed by atoms with Gasteiger partial charge in [-0.05, 0) is 55.3 Å². The Hall–Kier alpha value is -4.37. The first-order valence-electron chi connectivity index (χ1n) is 11.2. The second kappa shape index (κ2) is 10.5. The molecule has 1 aromatic heterocycles. The van der Waals surface area contributed by atoms with Crippen molar-refractivity contribution in [2.45, 2.75) is 26.8 Å². The Kier molecular flexibility index (Phi) is 7.04. The average Bonchev–Trinajstić information content (AvgIpc) is 3.14. The number of rotatable bonds is 8. The van der Waals surface area contributed by atoms with Crippen molar-refractivity contribution < 1.29 is 9.53 Å². The predicted octanol–water partition coefficient (Wildman–Crippen LogP) is 5.42. The van der Waals surface area contributed by atoms with E-state index in [0.29, 0.717) is 24.3 Å². The molecule has 6 heteroatoms. The smallest absolute Gasteiger partial charge is 0.271 e. The van der Waals surface area contributed by atoms with Crippen LogP contribution in [0.15, 0.2) is 77.9 Å². The third-order valence-electron chi connectivity index (χ3n) is 5.70. The van der Waals surface area contributed by atoms with Crippen LogP contribution < -0.4 is 10.2 Å². The highest BCUT2D eigenvalue weighted by atomic mass is 16.5. The molecule has 1 amide bonds. The second-order valence-electron chi connectivity index (χ2n) is 7.94. The number of nitrogens with one attached hydrogen (secondary N) is 1. The Morgan fingerprint density at radius 3 is 2.59 bits per heavy atom. The van der Waals surface area contributed by atoms with Crippen LogP contribution in [0.1, 0.15) is 46.1 Å². The van der Waals surface area contributed by atoms with Gasteiger partial charge in [-0.15, -0.1) is 0 Å². The zero-order valence-corrected chi connectivity index (χ0v) is 19.3. The van der Waals surface area contributed by atoms with Crippen LogP contribution in [0.5, 0.6) is 5.75 Å². The van der Waals surface area contributed by atoms with Gasteiger partial charge in [-0.3, -0.25) is 4.79 Å². The van der Waals surface area contributed by atoms with Gasteiger partial charge < -0.3 is 9.30 Å². The van der Waals surface area contributed by atoms with Gasteiger partial charge >= 0.3 is 0 Å². The molecule has 1 N–H and O–H groups in total. The summed E-state index contributed by atoms with van der Waals surface area (Å²) in [7, 11) is 0. The van der Waals surface area contributed by atoms with Gasteiger partial charge in [0.1, 0.15) is 5.75 Å². The SMILES string of the molecule is CCCOc1ccc(C(=O)N/N=C\c2c(C)n(Cc3ccccc3C#N)c3ccccc23)cc1. The summed E-state index contributed by atoms with van der Waals surface area (Å²) < 4.78 is 7.73. The Labute approximate surface area is 199 Å². The minimum atomic E-state index is -0.289. The van der Waals surface area contributed by atoms with Gasteiger partial charge in [0, 0.05) is 34.3 Å². The summed E-state index contributed by atoms with van der Waals surface area (Å²) in [6.07, 6.45) is 2.61. The third kappa shape index (κ3) is 4.84. The Morgan fingerprint density at radius 1 is 1.09 bits per heavy atom. The molecule has 0 aliphatic carbocycles. The van der Waals surface area contributed by atoms with Gasteiger partial charge in [0.05, 0.1) is 24.5 Å². The van der Waals surface area contributed by atoms with E-state index in [2.05, 4.69) is 27.2 Å². The lowest BCUT2D eigenvalue weighted by atomic mass is 10.1. The van der Waals surface area contributed by atoms with E-state index in [1.54, 1.807) is 30.5 Å². The van der Waals surface area contributed by atoms with Crippen LogP contribution in [0.2, 0.25) is 0 Å². The second-order valence-corrected chi connectivity index (χ2v) is 7.94. The van der Waals surface area contributed by atoms with Crippen LogP contribution in [0, 0.1) is 18.3 Å². The van der Waals surface area contributed by atoms with E-state index in [1.165, 1.54) is 0 Å². The molecule has 34 heavy (non-hydrogen) atoms. The van der Waals surface area contributed by atoms with Crippen LogP contribution in [-0.4, -0.2) is 23.3 Å². The van der Waals surface area contributed by atoms with Crippen LogP contribution >= 0.6 is 0 Å². The van der Waals surface area contributed by atoms with Crippen LogP contribution in [0.4, 0.5) is 0 Å². The predicted molar refractivity (Wildman–Crippen MR) is 134 cm³/mol. The summed E-state index contributed by atoms with van der Waals surface area (Å²) in [5.74, 6) is 0.450. The average molecular weight is 451 g/mol. The first kappa shape index (κ1) is 22.8. The highest BCUT2D eigenvalue weighted by Crippen LogP contribution is 2.26. The third-order valence-corrected chi connectivity index (χ3v) is 5.70. The van der Waals surface area contributed by atoms with Crippen LogP contribution in [-0.2, 0) is 6.54 Å². The van der Waals surface area contributed by atoms with Crippen molar-refractivity contribution in [2.75, 3.05) is 6.61 Å². The molecule has 0 aliphatic heterocycles. The maximum absolute atomic E-state index is 12.5. The molecule has 0 bridgehead atoms. The van der Waals surface area contributed by atoms with E-state index in [-0.39, 0.29) is 5.91 Å². The molecular formula is C28H26N4O2. The molecule has 0 unspecified atom stereocenters. The van der Waals surface area contributed by atoms with Gasteiger partial charge in [0.25, 0.3) is 5.91 Å². The molecule has 0 saturated heterocycles. The summed E-state index contributed by atoms with van der Waals surface area (Å²) in [4.78, 5) is 12.5. The number of ether oxygens (including phenoxy) is 1. The number of carbonyl (C=O) groups is 1. The highest BCUT2D eigenvalue weighted by molar-refractivity contribution is 6.02. The zero-order chi connectivity index (χ0) is 23.9. The molecule has 1 heterocycles. The first-order valence-corrected chi connectivity index (χ1v) is 11.2. The minimum absolute atomic E-state index is 0.289. The Morgan fingerprint density at radius 2 is 1.82 bits per heavy atom. The summed E-state index contributed by atoms with van der Waals surface area (Å²) in [5.41, 5.74) is 7.71. The Bertz CT molecular complexity index is 1380. The molecule has 4 aromatic rings. The number of nitrogens with zero attached hydrogens (tertiary/aromatic N) is 3. The molecule has 6 nitrogen and oxygen atoms in total. The largest absolute Gasteiger partial charge is 0.494 e. The van der Waals surface area contributed by atoms with Crippen molar-refractivity contribution >= 4 is 23.0 Å². The number of carbonyl (C=O) groups excluding carboxylic acids is 1. The van der Waals surface area contributed by atoms with E-state index in [9.17, 15) is 10.1 Å². The van der Waals surface area contributed by atoms with Crippen molar-refractivity contribution in [1.29, 1.82) is 5.26 Å². The molecule has 0 aliphatic rings. The number of hydrogen-bond donors (Lipinski definition) is 1. The van der Waals surface area contributed by atoms with Crippen molar-refractivity contribution in [1.82, 2.24) is 9.99 Å². The quantitative estimate of drug-likeness (QED) is 0.287. The fourth-order valence-corrected chi connectivity index (χ4v) is 3.90. The molecular weight excluding hydrogens is 424 g/mol. The fraction of sp³-hybridized carbons (Fsp3) is 0.179. The first-order chi connectivity index (χ1) is 16.6. The van der Waals surface area contributed by atoms with E-state index < -0.39 is 0 Å². The van der Waals surface area contributed by atoms with Gasteiger partial charge in [0.15, 0.2) is 0 Å². The van der Waals surface area contributed by atoms with Gasteiger partial charge in [-0.1, -0.05) is 43.3 Å². The monoisotopic (exact) mass is 450 g/mol. The lowest BCUT2D eigenvalue weighted by Gasteiger charge is -2.10. The zero-order valence-electron chi connectivity index (χ0n) is 19.3. The Balaban J connectivity index is 1.56. The number of hydrogen-bond acceptors (Lipinski definition) is 4. The van der Waals surface area contributed by atoms with Crippen LogP contribution in [0.3, 0.4) is 0 Å². The molecule has 0 atom stereocenters. The van der Waals surface area contributed by atoms with Crippen molar-refractivity contribution in [3.63, 3.8) is 0 Å². The number of fused-ring (bicyclic) bond motifs is 1. The van der Waals surface area contributed by atoms with Crippen molar-refractivity contribution in [3.8, 4) is 11.8 Å². The number of hydrazone groups is 1. The van der Waals surface area contributed by atoms with E-state index in [4.69, 9.17) is 4.74 Å². The molecule has 170 valence electrons. The van der Waals surface area contributed by atoms with Gasteiger partial charge in [-0.25, -0.2) is 5.43 Å². The molecule has 3 aromatic carbocycles. The number of para-hydroxylation sites is 1. The van der Waals surface area contributed by atoms with Crippen molar-refractivity contribution in [3.05, 3.63) is 101 Å². The van der Waals surface area contributed by atoms with Gasteiger partial charge in [-0.2, -0.15) is 10.4 Å². The van der Waals surface area contributed by atoms with Crippen LogP contribution in [0.25, 0.3) is 10.9 Å². The fourth-order valence-electron chi connectivity index (χ4n) is 3.90. The van der Waals surface area contributed by atoms with Gasteiger partial charge in [0.2, 0.25) is 0 Å². The minimum Gasteiger partial charge on any atom is -0.494 e.